The molecule has 0 N–H and O–H groups in total. The molecule has 0 saturated heterocycles. The molecule has 1 radical (unpaired) electrons. The number of carbonyl (C=O) groups excluding carboxylic acids is 5. The molecule has 0 aliphatic rings. The van der Waals surface area contributed by atoms with E-state index in [1.54, 1.807) is 0 Å². The number of rotatable bonds is 2. The van der Waals surface area contributed by atoms with Crippen LogP contribution in [0, 0.1) is 6.92 Å². The van der Waals surface area contributed by atoms with Crippen molar-refractivity contribution in [2.45, 2.75) is 26.2 Å². The summed E-state index contributed by atoms with van der Waals surface area (Å²) >= 11 is 0. The molecule has 0 unspecified atom stereocenters. The molecule has 0 fully saturated rings. The molecule has 6 heteroatoms. The molecule has 0 amide bonds. The molecule has 0 aromatic rings. The van der Waals surface area contributed by atoms with Crippen LogP contribution in [0.4, 0.5) is 0 Å². The van der Waals surface area contributed by atoms with Gasteiger partial charge >= 0.3 is 0 Å². The van der Waals surface area contributed by atoms with E-state index in [4.69, 9.17) is 24.0 Å². The Hall–Kier alpha value is -1.13. The van der Waals surface area contributed by atoms with Crippen molar-refractivity contribution >= 4 is 33.9 Å². The molecule has 16 heavy (non-hydrogen) atoms. The number of carbonyl (C=O) groups is 5. The third kappa shape index (κ3) is 2400. The Morgan fingerprint density at radius 1 is 0.750 bits per heavy atom. The van der Waals surface area contributed by atoms with Gasteiger partial charge in [0.25, 0.3) is 0 Å². The van der Waals surface area contributed by atoms with Gasteiger partial charge in [0.05, 0.1) is 0 Å². The molecule has 0 aromatic carbocycles. The minimum atomic E-state index is 0. The summed E-state index contributed by atoms with van der Waals surface area (Å²) in [6.45, 7) is 15.8. The first-order valence-electron chi connectivity index (χ1n) is 3.65. The first-order valence-corrected chi connectivity index (χ1v) is 3.65. The van der Waals surface area contributed by atoms with Gasteiger partial charge in [-0.25, -0.2) is 0 Å². The maximum Gasteiger partial charge on any atom is 0.106 e. The van der Waals surface area contributed by atoms with Gasteiger partial charge in [-0.15, -0.1) is 0 Å². The number of hydrogen-bond donors (Lipinski definition) is 0. The van der Waals surface area contributed by atoms with Crippen molar-refractivity contribution in [2.75, 3.05) is 0 Å². The zero-order valence-corrected chi connectivity index (χ0v) is 11.0. The van der Waals surface area contributed by atoms with Gasteiger partial charge < -0.3 is 30.9 Å². The predicted octanol–water partition coefficient (Wildman–Crippen LogP) is 1.08. The fraction of sp³-hybridized carbons (Fsp3) is 0.400. The van der Waals surface area contributed by atoms with Crippen molar-refractivity contribution < 1.29 is 41.0 Å². The van der Waals surface area contributed by atoms with Gasteiger partial charge in [-0.1, -0.05) is 19.8 Å². The fourth-order valence-corrected chi connectivity index (χ4v) is 0.250. The van der Waals surface area contributed by atoms with E-state index in [1.165, 1.54) is 12.8 Å². The molecule has 99 valence electrons. The van der Waals surface area contributed by atoms with Gasteiger partial charge in [-0.2, -0.15) is 6.42 Å². The van der Waals surface area contributed by atoms with E-state index >= 15 is 0 Å². The molecule has 0 spiro atoms. The smallest absolute Gasteiger partial charge is 0.106 e. The predicted molar refractivity (Wildman–Crippen MR) is 60.5 cm³/mol. The first-order chi connectivity index (χ1) is 7.41. The molecular formula is C10H21MnO5-. The third-order valence-corrected chi connectivity index (χ3v) is 0.604. The van der Waals surface area contributed by atoms with Crippen molar-refractivity contribution in [3.05, 3.63) is 6.92 Å². The maximum absolute atomic E-state index is 8.00. The van der Waals surface area contributed by atoms with E-state index in [0.717, 1.165) is 6.42 Å². The molecule has 5 nitrogen and oxygen atoms in total. The average molecular weight is 276 g/mol. The standard InChI is InChI=1S/C5H11.5CH2O.Mn/c1-3-5-4-2;5*1-2;/h1,3-5H2,2H3;5*1H2;/q-1;;;;;;. The summed E-state index contributed by atoms with van der Waals surface area (Å²) in [6, 6.07) is 0. The van der Waals surface area contributed by atoms with E-state index in [-0.39, 0.29) is 17.1 Å². The minimum absolute atomic E-state index is 0. The zero-order valence-electron chi connectivity index (χ0n) is 9.78. The second-order valence-corrected chi connectivity index (χ2v) is 1.21. The zero-order chi connectivity index (χ0) is 14.1. The van der Waals surface area contributed by atoms with E-state index in [2.05, 4.69) is 13.8 Å². The van der Waals surface area contributed by atoms with Crippen LogP contribution in [0.15, 0.2) is 0 Å². The van der Waals surface area contributed by atoms with Crippen LogP contribution in [0.2, 0.25) is 0 Å². The minimum Gasteiger partial charge on any atom is -0.343 e. The summed E-state index contributed by atoms with van der Waals surface area (Å²) in [5.41, 5.74) is 0. The Bertz CT molecular complexity index is 53.6. The molecular weight excluding hydrogens is 255 g/mol. The van der Waals surface area contributed by atoms with Crippen molar-refractivity contribution in [2.24, 2.45) is 0 Å². The van der Waals surface area contributed by atoms with Crippen LogP contribution in [0.3, 0.4) is 0 Å². The van der Waals surface area contributed by atoms with Crippen LogP contribution < -0.4 is 0 Å². The van der Waals surface area contributed by atoms with E-state index in [0.29, 0.717) is 0 Å². The van der Waals surface area contributed by atoms with Crippen LogP contribution in [-0.2, 0) is 41.0 Å². The molecule has 0 aliphatic carbocycles. The van der Waals surface area contributed by atoms with Crippen molar-refractivity contribution in [1.29, 1.82) is 0 Å². The topological polar surface area (TPSA) is 85.3 Å². The van der Waals surface area contributed by atoms with Crippen molar-refractivity contribution in [3.63, 3.8) is 0 Å². The molecule has 0 aliphatic heterocycles. The summed E-state index contributed by atoms with van der Waals surface area (Å²) in [5.74, 6) is 0. The van der Waals surface area contributed by atoms with Gasteiger partial charge in [0.1, 0.15) is 33.9 Å². The summed E-state index contributed by atoms with van der Waals surface area (Å²) in [4.78, 5) is 40.0. The van der Waals surface area contributed by atoms with Crippen LogP contribution in [0.25, 0.3) is 0 Å². The van der Waals surface area contributed by atoms with E-state index in [9.17, 15) is 0 Å². The van der Waals surface area contributed by atoms with E-state index in [1.807, 2.05) is 33.9 Å². The quantitative estimate of drug-likeness (QED) is 0.556. The Morgan fingerprint density at radius 3 is 0.938 bits per heavy atom. The molecule has 0 heterocycles. The molecule has 0 bridgehead atoms. The van der Waals surface area contributed by atoms with Gasteiger partial charge in [0.15, 0.2) is 0 Å². The molecule has 0 rings (SSSR count). The normalized spacial score (nSPS) is 3.88. The Kier molecular flexibility index (Phi) is 1900. The molecule has 0 aromatic heterocycles. The summed E-state index contributed by atoms with van der Waals surface area (Å²) in [5, 5.41) is 0. The van der Waals surface area contributed by atoms with Crippen molar-refractivity contribution in [1.82, 2.24) is 0 Å². The van der Waals surface area contributed by atoms with Crippen LogP contribution in [0.5, 0.6) is 0 Å². The summed E-state index contributed by atoms with van der Waals surface area (Å²) in [6.07, 6.45) is 3.65. The summed E-state index contributed by atoms with van der Waals surface area (Å²) in [7, 11) is 0. The largest absolute Gasteiger partial charge is 0.343 e. The van der Waals surface area contributed by atoms with Crippen LogP contribution in [0.1, 0.15) is 26.2 Å². The van der Waals surface area contributed by atoms with E-state index < -0.39 is 0 Å². The average Bonchev–Trinajstić information content (AvgIpc) is 2.42. The van der Waals surface area contributed by atoms with Crippen molar-refractivity contribution in [3.8, 4) is 0 Å². The number of hydrogen-bond acceptors (Lipinski definition) is 5. The molecule has 0 saturated carbocycles. The summed E-state index contributed by atoms with van der Waals surface area (Å²) < 4.78 is 0. The SMILES string of the molecule is C=O.C=O.C=O.C=O.C=O.[CH2-]CCCC.[Mn]. The van der Waals surface area contributed by atoms with Gasteiger partial charge in [0, 0.05) is 17.1 Å². The maximum atomic E-state index is 8.00. The first kappa shape index (κ1) is 46.2. The van der Waals surface area contributed by atoms with Gasteiger partial charge in [-0.3, -0.25) is 0 Å². The Labute approximate surface area is 108 Å². The van der Waals surface area contributed by atoms with Crippen LogP contribution in [-0.4, -0.2) is 33.9 Å². The Balaban J connectivity index is -0.0000000130. The Morgan fingerprint density at radius 2 is 0.938 bits per heavy atom. The fourth-order valence-electron chi connectivity index (χ4n) is 0.250. The monoisotopic (exact) mass is 276 g/mol. The van der Waals surface area contributed by atoms with Gasteiger partial charge in [0.2, 0.25) is 0 Å². The second kappa shape index (κ2) is 657. The molecule has 0 atom stereocenters. The van der Waals surface area contributed by atoms with Crippen LogP contribution >= 0.6 is 0 Å². The number of unbranched alkanes of at least 4 members (excludes halogenated alkanes) is 2. The van der Waals surface area contributed by atoms with Gasteiger partial charge in [-0.05, 0) is 0 Å². The second-order valence-electron chi connectivity index (χ2n) is 1.21. The third-order valence-electron chi connectivity index (χ3n) is 0.604.